The molecule has 0 atom stereocenters. The van der Waals surface area contributed by atoms with E-state index in [9.17, 15) is 17.9 Å². The van der Waals surface area contributed by atoms with E-state index in [2.05, 4.69) is 5.32 Å². The number of nitrogens with one attached hydrogen (secondary N) is 1. The van der Waals surface area contributed by atoms with Crippen molar-refractivity contribution in [2.75, 3.05) is 12.8 Å². The van der Waals surface area contributed by atoms with Gasteiger partial charge in [0.05, 0.1) is 4.75 Å². The van der Waals surface area contributed by atoms with Crippen LogP contribution in [0.4, 0.5) is 4.39 Å². The number of benzene rings is 1. The zero-order valence-corrected chi connectivity index (χ0v) is 11.5. The van der Waals surface area contributed by atoms with Gasteiger partial charge in [-0.05, 0) is 32.0 Å². The molecule has 4 nitrogen and oxygen atoms in total. The van der Waals surface area contributed by atoms with Crippen LogP contribution in [-0.2, 0) is 16.4 Å². The third-order valence-electron chi connectivity index (χ3n) is 2.91. The lowest BCUT2D eigenvalue weighted by Crippen LogP contribution is -2.41. The number of hydrogen-bond donors (Lipinski definition) is 2. The van der Waals surface area contributed by atoms with Gasteiger partial charge < -0.3 is 10.4 Å². The lowest BCUT2D eigenvalue weighted by molar-refractivity contribution is 0.458. The summed E-state index contributed by atoms with van der Waals surface area (Å²) in [5.41, 5.74) is 0.402. The molecule has 0 aliphatic rings. The zero-order chi connectivity index (χ0) is 14.0. The first-order valence-corrected chi connectivity index (χ1v) is 7.40. The maximum absolute atomic E-state index is 13.0. The number of phenolic OH excluding ortho intramolecular Hbond substituents is 1. The van der Waals surface area contributed by atoms with Crippen molar-refractivity contribution in [2.45, 2.75) is 25.1 Å². The van der Waals surface area contributed by atoms with Gasteiger partial charge in [0.25, 0.3) is 0 Å². The molecule has 0 unspecified atom stereocenters. The van der Waals surface area contributed by atoms with Crippen molar-refractivity contribution < 1.29 is 17.9 Å². The Kier molecular flexibility index (Phi) is 4.34. The lowest BCUT2D eigenvalue weighted by Gasteiger charge is -2.23. The van der Waals surface area contributed by atoms with E-state index in [0.717, 1.165) is 0 Å². The van der Waals surface area contributed by atoms with Crippen LogP contribution >= 0.6 is 0 Å². The van der Waals surface area contributed by atoms with Crippen LogP contribution in [0, 0.1) is 5.82 Å². The molecule has 0 aromatic heterocycles. The van der Waals surface area contributed by atoms with Crippen molar-refractivity contribution >= 4 is 9.84 Å². The van der Waals surface area contributed by atoms with Gasteiger partial charge in [-0.25, -0.2) is 12.8 Å². The van der Waals surface area contributed by atoms with Crippen molar-refractivity contribution in [3.8, 4) is 5.75 Å². The molecule has 1 rings (SSSR count). The van der Waals surface area contributed by atoms with Gasteiger partial charge in [-0.15, -0.1) is 0 Å². The van der Waals surface area contributed by atoms with E-state index in [4.69, 9.17) is 0 Å². The molecule has 2 N–H and O–H groups in total. The molecular weight excluding hydrogens is 257 g/mol. The molecule has 0 heterocycles. The third kappa shape index (κ3) is 3.68. The summed E-state index contributed by atoms with van der Waals surface area (Å²) >= 11 is 0. The van der Waals surface area contributed by atoms with Crippen LogP contribution in [-0.4, -0.2) is 31.1 Å². The monoisotopic (exact) mass is 275 g/mol. The van der Waals surface area contributed by atoms with E-state index in [0.29, 0.717) is 5.56 Å². The van der Waals surface area contributed by atoms with Crippen LogP contribution in [0.5, 0.6) is 5.75 Å². The second kappa shape index (κ2) is 5.24. The van der Waals surface area contributed by atoms with Crippen LogP contribution in [0.3, 0.4) is 0 Å². The quantitative estimate of drug-likeness (QED) is 0.853. The molecule has 0 spiro atoms. The Morgan fingerprint density at radius 3 is 2.56 bits per heavy atom. The van der Waals surface area contributed by atoms with Gasteiger partial charge in [-0.1, -0.05) is 0 Å². The second-order valence-electron chi connectivity index (χ2n) is 4.91. The van der Waals surface area contributed by atoms with E-state index in [1.807, 2.05) is 0 Å². The van der Waals surface area contributed by atoms with E-state index < -0.39 is 20.4 Å². The summed E-state index contributed by atoms with van der Waals surface area (Å²) < 4.78 is 35.0. The van der Waals surface area contributed by atoms with Crippen LogP contribution in [0.25, 0.3) is 0 Å². The van der Waals surface area contributed by atoms with Crippen LogP contribution in [0.1, 0.15) is 19.4 Å². The average Bonchev–Trinajstić information content (AvgIpc) is 2.21. The highest BCUT2D eigenvalue weighted by Gasteiger charge is 2.29. The van der Waals surface area contributed by atoms with Gasteiger partial charge in [0.1, 0.15) is 11.6 Å². The van der Waals surface area contributed by atoms with Gasteiger partial charge in [0, 0.05) is 24.9 Å². The summed E-state index contributed by atoms with van der Waals surface area (Å²) in [6.45, 7) is 3.66. The number of halogens is 1. The Morgan fingerprint density at radius 1 is 1.39 bits per heavy atom. The lowest BCUT2D eigenvalue weighted by atomic mass is 10.1. The van der Waals surface area contributed by atoms with E-state index in [1.54, 1.807) is 13.8 Å². The van der Waals surface area contributed by atoms with Gasteiger partial charge in [0.2, 0.25) is 0 Å². The number of aromatic hydroxyl groups is 1. The molecule has 1 aromatic rings. The summed E-state index contributed by atoms with van der Waals surface area (Å²) in [6.07, 6.45) is 1.17. The van der Waals surface area contributed by atoms with E-state index >= 15 is 0 Å². The molecule has 0 saturated heterocycles. The highest BCUT2D eigenvalue weighted by atomic mass is 32.2. The first-order valence-electron chi connectivity index (χ1n) is 5.51. The molecule has 0 saturated carbocycles. The predicted octanol–water partition coefficient (Wildman–Crippen LogP) is 1.44. The normalized spacial score (nSPS) is 12.7. The van der Waals surface area contributed by atoms with Gasteiger partial charge in [0.15, 0.2) is 9.84 Å². The Bertz CT molecular complexity index is 526. The van der Waals surface area contributed by atoms with Crippen LogP contribution in [0.15, 0.2) is 18.2 Å². The van der Waals surface area contributed by atoms with Gasteiger partial charge in [-0.2, -0.15) is 0 Å². The number of hydrogen-bond acceptors (Lipinski definition) is 4. The summed E-state index contributed by atoms with van der Waals surface area (Å²) in [4.78, 5) is 0. The van der Waals surface area contributed by atoms with E-state index in [-0.39, 0.29) is 18.8 Å². The molecule has 6 heteroatoms. The fraction of sp³-hybridized carbons (Fsp3) is 0.500. The van der Waals surface area contributed by atoms with E-state index in [1.165, 1.54) is 24.5 Å². The number of sulfone groups is 1. The van der Waals surface area contributed by atoms with Crippen LogP contribution < -0.4 is 5.32 Å². The molecule has 0 bridgehead atoms. The fourth-order valence-electron chi connectivity index (χ4n) is 1.32. The molecule has 102 valence electrons. The fourth-order valence-corrected chi connectivity index (χ4v) is 1.69. The number of phenols is 1. The molecule has 1 aromatic carbocycles. The predicted molar refractivity (Wildman–Crippen MR) is 68.7 cm³/mol. The van der Waals surface area contributed by atoms with Crippen LogP contribution in [0.2, 0.25) is 0 Å². The SMILES string of the molecule is CC(C)(CNCc1cc(F)ccc1O)S(C)(=O)=O. The molecule has 18 heavy (non-hydrogen) atoms. The maximum atomic E-state index is 13.0. The van der Waals surface area contributed by atoms with Crippen molar-refractivity contribution in [1.29, 1.82) is 0 Å². The Labute approximate surface area is 107 Å². The first-order chi connectivity index (χ1) is 8.13. The minimum Gasteiger partial charge on any atom is -0.508 e. The Balaban J connectivity index is 2.65. The topological polar surface area (TPSA) is 66.4 Å². The molecular formula is C12H18FNO3S. The summed E-state index contributed by atoms with van der Waals surface area (Å²) in [5, 5.41) is 12.4. The maximum Gasteiger partial charge on any atom is 0.153 e. The summed E-state index contributed by atoms with van der Waals surface area (Å²) in [7, 11) is -3.17. The van der Waals surface area contributed by atoms with Crippen molar-refractivity contribution in [3.05, 3.63) is 29.6 Å². The smallest absolute Gasteiger partial charge is 0.153 e. The molecule has 0 amide bonds. The largest absolute Gasteiger partial charge is 0.508 e. The first kappa shape index (κ1) is 14.9. The Hall–Kier alpha value is -1.14. The molecule has 0 fully saturated rings. The summed E-state index contributed by atoms with van der Waals surface area (Å²) in [5.74, 6) is -0.451. The zero-order valence-electron chi connectivity index (χ0n) is 10.7. The van der Waals surface area contributed by atoms with Crippen molar-refractivity contribution in [3.63, 3.8) is 0 Å². The highest BCUT2D eigenvalue weighted by molar-refractivity contribution is 7.92. The number of rotatable bonds is 5. The van der Waals surface area contributed by atoms with Gasteiger partial charge >= 0.3 is 0 Å². The Morgan fingerprint density at radius 2 is 2.00 bits per heavy atom. The summed E-state index contributed by atoms with van der Waals surface area (Å²) in [6, 6.07) is 3.66. The highest BCUT2D eigenvalue weighted by Crippen LogP contribution is 2.18. The van der Waals surface area contributed by atoms with Crippen molar-refractivity contribution in [1.82, 2.24) is 5.32 Å². The minimum atomic E-state index is -3.17. The molecule has 0 aliphatic heterocycles. The second-order valence-corrected chi connectivity index (χ2v) is 7.56. The minimum absolute atomic E-state index is 0.0129. The van der Waals surface area contributed by atoms with Crippen molar-refractivity contribution in [2.24, 2.45) is 0 Å². The molecule has 0 aliphatic carbocycles. The standard InChI is InChI=1S/C12H18FNO3S/c1-12(2,18(3,16)17)8-14-7-9-6-10(13)4-5-11(9)15/h4-6,14-15H,7-8H2,1-3H3. The molecule has 0 radical (unpaired) electrons. The average molecular weight is 275 g/mol. The third-order valence-corrected chi connectivity index (χ3v) is 5.06. The van der Waals surface area contributed by atoms with Gasteiger partial charge in [-0.3, -0.25) is 0 Å².